The average molecular weight is 599 g/mol. The molecule has 1 N–H and O–H groups in total. The van der Waals surface area contributed by atoms with E-state index in [1.165, 1.54) is 23.9 Å². The number of nitrogens with one attached hydrogen (secondary N) is 1. The van der Waals surface area contributed by atoms with E-state index in [4.69, 9.17) is 11.6 Å². The summed E-state index contributed by atoms with van der Waals surface area (Å²) >= 11 is 6.15. The second kappa shape index (κ2) is 10.5. The number of amides is 1. The molecule has 0 spiro atoms. The molecule has 212 valence electrons. The van der Waals surface area contributed by atoms with E-state index >= 15 is 0 Å². The maximum absolute atomic E-state index is 14.1. The largest absolute Gasteiger partial charge is 0.416 e. The number of nitriles is 1. The first-order valence-electron chi connectivity index (χ1n) is 12.1. The van der Waals surface area contributed by atoms with Crippen molar-refractivity contribution in [3.63, 3.8) is 0 Å². The van der Waals surface area contributed by atoms with Gasteiger partial charge in [-0.25, -0.2) is 8.78 Å². The number of hydrogen-bond donors (Lipinski definition) is 1. The third-order valence-electron chi connectivity index (χ3n) is 6.66. The Morgan fingerprint density at radius 2 is 1.81 bits per heavy atom. The van der Waals surface area contributed by atoms with Crippen molar-refractivity contribution in [1.29, 1.82) is 5.26 Å². The number of rotatable bonds is 5. The lowest BCUT2D eigenvalue weighted by Gasteiger charge is -2.15. The summed E-state index contributed by atoms with van der Waals surface area (Å²) in [6.07, 6.45) is -2.99. The fraction of sp³-hybridized carbons (Fsp3) is 0.138. The van der Waals surface area contributed by atoms with E-state index in [2.05, 4.69) is 10.4 Å². The van der Waals surface area contributed by atoms with Crippen LogP contribution in [0.2, 0.25) is 5.02 Å². The molecule has 4 aromatic rings. The predicted octanol–water partition coefficient (Wildman–Crippen LogP) is 6.62. The van der Waals surface area contributed by atoms with Crippen LogP contribution in [0.3, 0.4) is 0 Å². The van der Waals surface area contributed by atoms with E-state index in [-0.39, 0.29) is 51.0 Å². The number of hydrogen-bond acceptors (Lipinski definition) is 5. The first-order valence-corrected chi connectivity index (χ1v) is 12.5. The monoisotopic (exact) mass is 598 g/mol. The van der Waals surface area contributed by atoms with Crippen molar-refractivity contribution >= 4 is 51.2 Å². The van der Waals surface area contributed by atoms with Crippen LogP contribution in [0, 0.1) is 23.0 Å². The second-order valence-corrected chi connectivity index (χ2v) is 9.83. The Morgan fingerprint density at radius 3 is 2.45 bits per heavy atom. The number of benzene rings is 3. The standard InChI is InChI=1S/C29H16ClF5N4O3/c1-39-26(13-2-4-18(40)8-13)20-11-23(37-28(42)14-6-15(29(33,34)35)9-17(32)7-14)24(21(12-36)25(20)38-39)27(41)19-10-16(31)3-5-22(19)30/h3,5-11H,2,4H2,1H3,(H,37,42). The molecule has 5 rings (SSSR count). The minimum Gasteiger partial charge on any atom is -0.321 e. The number of carbonyl (C=O) groups excluding carboxylic acids is 3. The van der Waals surface area contributed by atoms with E-state index in [1.54, 1.807) is 0 Å². The summed E-state index contributed by atoms with van der Waals surface area (Å²) < 4.78 is 69.5. The molecule has 13 heteroatoms. The minimum absolute atomic E-state index is 0.00855. The first kappa shape index (κ1) is 28.6. The highest BCUT2D eigenvalue weighted by atomic mass is 35.5. The SMILES string of the molecule is Cn1nc2c(C#N)c(C(=O)c3cc(F)ccc3Cl)c(NC(=O)c3cc(F)cc(C(F)(F)F)c3)cc2c1C1=CC(=O)CC1. The molecule has 0 radical (unpaired) electrons. The molecule has 0 aliphatic heterocycles. The van der Waals surface area contributed by atoms with Gasteiger partial charge in [0.1, 0.15) is 23.2 Å². The Labute approximate surface area is 238 Å². The molecule has 0 bridgehead atoms. The van der Waals surface area contributed by atoms with Gasteiger partial charge in [0.2, 0.25) is 0 Å². The number of alkyl halides is 3. The van der Waals surface area contributed by atoms with Gasteiger partial charge in [-0.3, -0.25) is 19.1 Å². The fourth-order valence-electron chi connectivity index (χ4n) is 4.82. The number of halogens is 6. The van der Waals surface area contributed by atoms with Gasteiger partial charge in [0.25, 0.3) is 5.91 Å². The summed E-state index contributed by atoms with van der Waals surface area (Å²) in [6, 6.07) is 7.30. The summed E-state index contributed by atoms with van der Waals surface area (Å²) in [6.45, 7) is 0. The van der Waals surface area contributed by atoms with E-state index < -0.39 is 46.2 Å². The molecular formula is C29H16ClF5N4O3. The molecule has 1 amide bonds. The van der Waals surface area contributed by atoms with Gasteiger partial charge >= 0.3 is 6.18 Å². The number of aryl methyl sites for hydroxylation is 1. The van der Waals surface area contributed by atoms with Gasteiger partial charge in [0.05, 0.1) is 33.1 Å². The van der Waals surface area contributed by atoms with Crippen molar-refractivity contribution in [3.05, 3.63) is 98.7 Å². The molecule has 0 atom stereocenters. The van der Waals surface area contributed by atoms with Crippen LogP contribution < -0.4 is 5.32 Å². The number of nitrogens with zero attached hydrogens (tertiary/aromatic N) is 3. The Hall–Kier alpha value is -4.89. The van der Waals surface area contributed by atoms with Crippen molar-refractivity contribution in [2.75, 3.05) is 5.32 Å². The fourth-order valence-corrected chi connectivity index (χ4v) is 5.03. The Morgan fingerprint density at radius 1 is 1.07 bits per heavy atom. The van der Waals surface area contributed by atoms with E-state index in [0.717, 1.165) is 18.2 Å². The molecule has 0 fully saturated rings. The second-order valence-electron chi connectivity index (χ2n) is 9.42. The number of allylic oxidation sites excluding steroid dienone is 2. The van der Waals surface area contributed by atoms with Gasteiger partial charge in [0.15, 0.2) is 11.6 Å². The van der Waals surface area contributed by atoms with Crippen molar-refractivity contribution in [2.45, 2.75) is 19.0 Å². The third-order valence-corrected chi connectivity index (χ3v) is 6.99. The molecule has 3 aromatic carbocycles. The zero-order valence-electron chi connectivity index (χ0n) is 21.4. The first-order chi connectivity index (χ1) is 19.8. The lowest BCUT2D eigenvalue weighted by Crippen LogP contribution is -2.18. The molecule has 0 saturated heterocycles. The van der Waals surface area contributed by atoms with Gasteiger partial charge in [-0.15, -0.1) is 0 Å². The van der Waals surface area contributed by atoms with E-state index in [0.29, 0.717) is 29.8 Å². The van der Waals surface area contributed by atoms with Crippen LogP contribution >= 0.6 is 11.6 Å². The van der Waals surface area contributed by atoms with E-state index in [1.807, 2.05) is 6.07 Å². The molecule has 42 heavy (non-hydrogen) atoms. The Balaban J connectivity index is 1.76. The summed E-state index contributed by atoms with van der Waals surface area (Å²) in [5.41, 5.74) is -2.72. The highest BCUT2D eigenvalue weighted by Gasteiger charge is 2.33. The number of carbonyl (C=O) groups is 3. The molecule has 0 saturated carbocycles. The quantitative estimate of drug-likeness (QED) is 0.205. The topological polar surface area (TPSA) is 105 Å². The zero-order chi connectivity index (χ0) is 30.5. The van der Waals surface area contributed by atoms with Crippen LogP contribution in [-0.4, -0.2) is 27.3 Å². The molecule has 1 heterocycles. The maximum atomic E-state index is 14.1. The lowest BCUT2D eigenvalue weighted by atomic mass is 9.93. The van der Waals surface area contributed by atoms with Crippen molar-refractivity contribution in [3.8, 4) is 6.07 Å². The number of fused-ring (bicyclic) bond motifs is 1. The van der Waals surface area contributed by atoms with Crippen LogP contribution in [-0.2, 0) is 18.0 Å². The molecule has 1 aliphatic carbocycles. The summed E-state index contributed by atoms with van der Waals surface area (Å²) in [5, 5.41) is 16.9. The highest BCUT2D eigenvalue weighted by Crippen LogP contribution is 2.38. The van der Waals surface area contributed by atoms with Crippen LogP contribution in [0.5, 0.6) is 0 Å². The predicted molar refractivity (Wildman–Crippen MR) is 142 cm³/mol. The Kier molecular flexibility index (Phi) is 7.16. The lowest BCUT2D eigenvalue weighted by molar-refractivity contribution is -0.137. The molecule has 1 aliphatic rings. The van der Waals surface area contributed by atoms with Crippen LogP contribution in [0.4, 0.5) is 27.6 Å². The van der Waals surface area contributed by atoms with Gasteiger partial charge in [-0.2, -0.15) is 23.5 Å². The summed E-state index contributed by atoms with van der Waals surface area (Å²) in [5.74, 6) is -4.54. The van der Waals surface area contributed by atoms with Crippen LogP contribution in [0.25, 0.3) is 16.5 Å². The summed E-state index contributed by atoms with van der Waals surface area (Å²) in [7, 11) is 1.54. The van der Waals surface area contributed by atoms with Crippen LogP contribution in [0.1, 0.15) is 55.9 Å². The number of ketones is 2. The van der Waals surface area contributed by atoms with Gasteiger partial charge in [-0.05, 0) is 60.5 Å². The molecule has 7 nitrogen and oxygen atoms in total. The van der Waals surface area contributed by atoms with Crippen molar-refractivity contribution in [1.82, 2.24) is 9.78 Å². The van der Waals surface area contributed by atoms with Gasteiger partial charge in [0, 0.05) is 30.0 Å². The molecular weight excluding hydrogens is 583 g/mol. The number of anilines is 1. The van der Waals surface area contributed by atoms with E-state index in [9.17, 15) is 41.6 Å². The normalized spacial score (nSPS) is 13.3. The Bertz CT molecular complexity index is 1920. The van der Waals surface area contributed by atoms with Crippen LogP contribution in [0.15, 0.2) is 48.5 Å². The smallest absolute Gasteiger partial charge is 0.321 e. The maximum Gasteiger partial charge on any atom is 0.416 e. The highest BCUT2D eigenvalue weighted by molar-refractivity contribution is 6.35. The minimum atomic E-state index is -4.96. The van der Waals surface area contributed by atoms with Crippen molar-refractivity contribution < 1.29 is 36.3 Å². The summed E-state index contributed by atoms with van der Waals surface area (Å²) in [4.78, 5) is 38.9. The zero-order valence-corrected chi connectivity index (χ0v) is 22.1. The average Bonchev–Trinajstić information content (AvgIpc) is 3.49. The number of aromatic nitrogens is 2. The van der Waals surface area contributed by atoms with Crippen molar-refractivity contribution in [2.24, 2.45) is 7.05 Å². The van der Waals surface area contributed by atoms with Gasteiger partial charge < -0.3 is 5.32 Å². The molecule has 1 aromatic heterocycles. The van der Waals surface area contributed by atoms with Gasteiger partial charge in [-0.1, -0.05) is 11.6 Å². The third kappa shape index (κ3) is 5.14. The molecule has 0 unspecified atom stereocenters.